The number of carbonyl (C=O) groups is 1. The van der Waals surface area contributed by atoms with E-state index >= 15 is 0 Å². The highest BCUT2D eigenvalue weighted by atomic mass is 127. The molecule has 0 atom stereocenters. The topological polar surface area (TPSA) is 32.9 Å². The van der Waals surface area contributed by atoms with E-state index in [4.69, 9.17) is 0 Å². The average molecular weight is 289 g/mol. The predicted molar refractivity (Wildman–Crippen MR) is 56.4 cm³/mol. The van der Waals surface area contributed by atoms with Crippen LogP contribution in [0.5, 0.6) is 0 Å². The molecule has 0 saturated carbocycles. The zero-order valence-corrected chi connectivity index (χ0v) is 8.63. The van der Waals surface area contributed by atoms with E-state index in [1.807, 2.05) is 22.6 Å². The Morgan fingerprint density at radius 2 is 2.15 bits per heavy atom. The van der Waals surface area contributed by atoms with Gasteiger partial charge in [-0.1, -0.05) is 0 Å². The van der Waals surface area contributed by atoms with Gasteiger partial charge in [0.1, 0.15) is 5.82 Å². The quantitative estimate of drug-likeness (QED) is 0.635. The molecule has 0 fully saturated rings. The molecule has 2 rings (SSSR count). The van der Waals surface area contributed by atoms with Gasteiger partial charge in [-0.2, -0.15) is 0 Å². The largest absolute Gasteiger partial charge is 0.352 e. The van der Waals surface area contributed by atoms with Crippen LogP contribution in [0.15, 0.2) is 18.2 Å². The van der Waals surface area contributed by atoms with Crippen LogP contribution in [0.1, 0.15) is 10.5 Å². The van der Waals surface area contributed by atoms with Crippen LogP contribution < -0.4 is 0 Å². The van der Waals surface area contributed by atoms with Crippen LogP contribution in [0.2, 0.25) is 0 Å². The number of fused-ring (bicyclic) bond motifs is 1. The molecule has 4 heteroatoms. The summed E-state index contributed by atoms with van der Waals surface area (Å²) in [4.78, 5) is 13.3. The zero-order valence-electron chi connectivity index (χ0n) is 6.47. The number of halogens is 2. The third kappa shape index (κ3) is 1.46. The molecule has 1 aromatic heterocycles. The lowest BCUT2D eigenvalue weighted by atomic mass is 10.2. The Hall–Kier alpha value is -0.910. The van der Waals surface area contributed by atoms with E-state index < -0.39 is 0 Å². The first-order valence-corrected chi connectivity index (χ1v) is 4.71. The Morgan fingerprint density at radius 3 is 2.85 bits per heavy atom. The van der Waals surface area contributed by atoms with E-state index in [1.165, 1.54) is 6.07 Å². The molecule has 66 valence electrons. The molecule has 2 aromatic rings. The Morgan fingerprint density at radius 1 is 1.38 bits per heavy atom. The molecule has 0 spiro atoms. The summed E-state index contributed by atoms with van der Waals surface area (Å²) in [6.45, 7) is 0. The summed E-state index contributed by atoms with van der Waals surface area (Å²) in [6, 6.07) is 4.72. The summed E-state index contributed by atoms with van der Waals surface area (Å²) >= 11 is 1.91. The van der Waals surface area contributed by atoms with Crippen LogP contribution in [0.4, 0.5) is 4.39 Å². The van der Waals surface area contributed by atoms with Crippen molar-refractivity contribution >= 4 is 39.8 Å². The smallest absolute Gasteiger partial charge is 0.166 e. The number of benzene rings is 1. The average Bonchev–Trinajstić information content (AvgIpc) is 2.48. The summed E-state index contributed by atoms with van der Waals surface area (Å²) in [5.74, 6) is -0.260. The minimum Gasteiger partial charge on any atom is -0.352 e. The molecule has 0 aliphatic carbocycles. The van der Waals surface area contributed by atoms with Crippen molar-refractivity contribution in [2.45, 2.75) is 0 Å². The van der Waals surface area contributed by atoms with Crippen molar-refractivity contribution in [3.63, 3.8) is 0 Å². The summed E-state index contributed by atoms with van der Waals surface area (Å²) in [5, 5.41) is 0.722. The number of aromatic amines is 1. The first-order valence-electron chi connectivity index (χ1n) is 3.63. The molecule has 1 heterocycles. The van der Waals surface area contributed by atoms with Crippen LogP contribution in [0, 0.1) is 9.39 Å². The lowest BCUT2D eigenvalue weighted by Gasteiger charge is -1.93. The minimum atomic E-state index is -0.260. The van der Waals surface area contributed by atoms with Gasteiger partial charge in [0, 0.05) is 10.9 Å². The second-order valence-corrected chi connectivity index (χ2v) is 3.86. The van der Waals surface area contributed by atoms with Gasteiger partial charge in [-0.05, 0) is 40.8 Å². The molecule has 1 N–H and O–H groups in total. The van der Waals surface area contributed by atoms with Crippen molar-refractivity contribution in [1.29, 1.82) is 0 Å². The summed E-state index contributed by atoms with van der Waals surface area (Å²) in [6.07, 6.45) is 0.713. The van der Waals surface area contributed by atoms with Crippen molar-refractivity contribution in [2.24, 2.45) is 0 Å². The second kappa shape index (κ2) is 3.10. The summed E-state index contributed by atoms with van der Waals surface area (Å²) in [5.41, 5.74) is 1.25. The summed E-state index contributed by atoms with van der Waals surface area (Å²) in [7, 11) is 0. The number of aromatic nitrogens is 1. The number of rotatable bonds is 1. The fourth-order valence-corrected chi connectivity index (χ4v) is 1.68. The third-order valence-electron chi connectivity index (χ3n) is 1.81. The maximum atomic E-state index is 13.1. The molecule has 0 aliphatic rings. The van der Waals surface area contributed by atoms with Gasteiger partial charge in [-0.3, -0.25) is 4.79 Å². The monoisotopic (exact) mass is 289 g/mol. The van der Waals surface area contributed by atoms with Crippen molar-refractivity contribution in [1.82, 2.24) is 4.98 Å². The van der Waals surface area contributed by atoms with Crippen molar-refractivity contribution in [2.75, 3.05) is 0 Å². The number of hydrogen-bond acceptors (Lipinski definition) is 1. The van der Waals surface area contributed by atoms with Crippen molar-refractivity contribution < 1.29 is 9.18 Å². The summed E-state index contributed by atoms with van der Waals surface area (Å²) < 4.78 is 13.6. The Labute approximate surface area is 87.3 Å². The van der Waals surface area contributed by atoms with E-state index in [0.29, 0.717) is 15.6 Å². The van der Waals surface area contributed by atoms with Gasteiger partial charge >= 0.3 is 0 Å². The number of carbonyl (C=O) groups excluding carboxylic acids is 1. The highest BCUT2D eigenvalue weighted by Crippen LogP contribution is 2.20. The van der Waals surface area contributed by atoms with Crippen LogP contribution in [-0.2, 0) is 0 Å². The van der Waals surface area contributed by atoms with Gasteiger partial charge in [0.25, 0.3) is 0 Å². The molecule has 13 heavy (non-hydrogen) atoms. The SMILES string of the molecule is O=Cc1cc2cc(F)c(I)cc2[nH]1. The minimum absolute atomic E-state index is 0.260. The molecule has 2 nitrogen and oxygen atoms in total. The molecular weight excluding hydrogens is 284 g/mol. The van der Waals surface area contributed by atoms with Gasteiger partial charge in [0.15, 0.2) is 6.29 Å². The standard InChI is InChI=1S/C9H5FINO/c10-7-2-5-1-6(4-13)12-9(5)3-8(7)11/h1-4,12H. The maximum absolute atomic E-state index is 13.1. The van der Waals surface area contributed by atoms with E-state index in [-0.39, 0.29) is 5.82 Å². The van der Waals surface area contributed by atoms with Gasteiger partial charge in [-0.25, -0.2) is 4.39 Å². The molecule has 1 aromatic carbocycles. The fourth-order valence-electron chi connectivity index (χ4n) is 1.21. The maximum Gasteiger partial charge on any atom is 0.166 e. The van der Waals surface area contributed by atoms with Crippen molar-refractivity contribution in [3.05, 3.63) is 33.3 Å². The van der Waals surface area contributed by atoms with Gasteiger partial charge in [0.05, 0.1) is 9.26 Å². The normalized spacial score (nSPS) is 10.6. The Kier molecular flexibility index (Phi) is 2.07. The first-order chi connectivity index (χ1) is 6.20. The molecule has 0 unspecified atom stereocenters. The second-order valence-electron chi connectivity index (χ2n) is 2.70. The predicted octanol–water partition coefficient (Wildman–Crippen LogP) is 2.72. The molecule has 0 bridgehead atoms. The molecular formula is C9H5FINO. The van der Waals surface area contributed by atoms with Crippen LogP contribution in [-0.4, -0.2) is 11.3 Å². The number of H-pyrrole nitrogens is 1. The Bertz CT molecular complexity index is 439. The highest BCUT2D eigenvalue weighted by Gasteiger charge is 2.04. The molecule has 0 aliphatic heterocycles. The zero-order chi connectivity index (χ0) is 9.42. The number of hydrogen-bond donors (Lipinski definition) is 1. The van der Waals surface area contributed by atoms with Gasteiger partial charge < -0.3 is 4.98 Å². The van der Waals surface area contributed by atoms with Gasteiger partial charge in [-0.15, -0.1) is 0 Å². The number of aldehydes is 1. The lowest BCUT2D eigenvalue weighted by Crippen LogP contribution is -1.80. The number of nitrogens with one attached hydrogen (secondary N) is 1. The van der Waals surface area contributed by atoms with E-state index in [0.717, 1.165) is 10.9 Å². The van der Waals surface area contributed by atoms with Crippen molar-refractivity contribution in [3.8, 4) is 0 Å². The van der Waals surface area contributed by atoms with Crippen LogP contribution >= 0.6 is 22.6 Å². The molecule has 0 amide bonds. The fraction of sp³-hybridized carbons (Fsp3) is 0. The van der Waals surface area contributed by atoms with E-state index in [9.17, 15) is 9.18 Å². The molecule has 0 radical (unpaired) electrons. The third-order valence-corrected chi connectivity index (χ3v) is 2.64. The van der Waals surface area contributed by atoms with E-state index in [1.54, 1.807) is 12.1 Å². The highest BCUT2D eigenvalue weighted by molar-refractivity contribution is 14.1. The van der Waals surface area contributed by atoms with E-state index in [2.05, 4.69) is 4.98 Å². The van der Waals surface area contributed by atoms with Crippen LogP contribution in [0.3, 0.4) is 0 Å². The molecule has 0 saturated heterocycles. The van der Waals surface area contributed by atoms with Gasteiger partial charge in [0.2, 0.25) is 0 Å². The first kappa shape index (κ1) is 8.68. The van der Waals surface area contributed by atoms with Crippen LogP contribution in [0.25, 0.3) is 10.9 Å². The Balaban J connectivity index is 2.77. The lowest BCUT2D eigenvalue weighted by molar-refractivity contribution is 0.112.